The Morgan fingerprint density at radius 2 is 1.71 bits per heavy atom. The van der Waals surface area contributed by atoms with Crippen molar-refractivity contribution in [2.75, 3.05) is 12.4 Å². The lowest BCUT2D eigenvalue weighted by atomic mass is 10.1. The second-order valence-electron chi connectivity index (χ2n) is 5.55. The summed E-state index contributed by atoms with van der Waals surface area (Å²) >= 11 is 0. The minimum absolute atomic E-state index is 0.118. The highest BCUT2D eigenvalue weighted by molar-refractivity contribution is 5.95. The van der Waals surface area contributed by atoms with Crippen molar-refractivity contribution in [3.63, 3.8) is 0 Å². The van der Waals surface area contributed by atoms with Crippen LogP contribution in [0.5, 0.6) is 0 Å². The summed E-state index contributed by atoms with van der Waals surface area (Å²) in [5.74, 6) is -1.23. The van der Waals surface area contributed by atoms with Crippen LogP contribution in [-0.4, -0.2) is 24.1 Å². The van der Waals surface area contributed by atoms with E-state index in [0.29, 0.717) is 11.3 Å². The number of amides is 1. The second-order valence-corrected chi connectivity index (χ2v) is 5.55. The van der Waals surface area contributed by atoms with Gasteiger partial charge in [-0.3, -0.25) is 4.79 Å². The number of carboxylic acids is 1. The maximum absolute atomic E-state index is 12.2. The zero-order valence-electron chi connectivity index (χ0n) is 13.8. The van der Waals surface area contributed by atoms with Crippen molar-refractivity contribution in [1.82, 2.24) is 0 Å². The highest BCUT2D eigenvalue weighted by Gasteiger charge is 2.10. The topological polar surface area (TPSA) is 75.6 Å². The van der Waals surface area contributed by atoms with Crippen LogP contribution >= 0.6 is 0 Å². The smallest absolute Gasteiger partial charge is 0.335 e. The Morgan fingerprint density at radius 3 is 2.29 bits per heavy atom. The van der Waals surface area contributed by atoms with Crippen molar-refractivity contribution in [3.8, 4) is 0 Å². The van der Waals surface area contributed by atoms with Gasteiger partial charge in [-0.2, -0.15) is 0 Å². The van der Waals surface area contributed by atoms with Gasteiger partial charge in [0.15, 0.2) is 0 Å². The van der Waals surface area contributed by atoms with E-state index in [2.05, 4.69) is 12.2 Å². The van der Waals surface area contributed by atoms with Gasteiger partial charge in [-0.1, -0.05) is 31.2 Å². The molecule has 2 aromatic rings. The highest BCUT2D eigenvalue weighted by atomic mass is 16.5. The third-order valence-corrected chi connectivity index (χ3v) is 3.63. The molecule has 0 fully saturated rings. The number of ether oxygens (including phenoxy) is 1. The number of nitrogens with one attached hydrogen (secondary N) is 1. The van der Waals surface area contributed by atoms with Crippen LogP contribution < -0.4 is 5.32 Å². The summed E-state index contributed by atoms with van der Waals surface area (Å²) in [7, 11) is 1.53. The van der Waals surface area contributed by atoms with Crippen LogP contribution in [0.3, 0.4) is 0 Å². The second kappa shape index (κ2) is 8.26. The Morgan fingerprint density at radius 1 is 1.04 bits per heavy atom. The van der Waals surface area contributed by atoms with E-state index in [1.807, 2.05) is 24.3 Å². The summed E-state index contributed by atoms with van der Waals surface area (Å²) < 4.78 is 5.03. The van der Waals surface area contributed by atoms with Gasteiger partial charge < -0.3 is 15.2 Å². The van der Waals surface area contributed by atoms with Crippen LogP contribution in [0.15, 0.2) is 42.5 Å². The number of hydrogen-bond acceptors (Lipinski definition) is 3. The SMILES string of the molecule is CCc1ccc(CC(=O)Nc2cc(COC)cc(C(=O)O)c2)cc1. The van der Waals surface area contributed by atoms with Gasteiger partial charge >= 0.3 is 5.97 Å². The lowest BCUT2D eigenvalue weighted by molar-refractivity contribution is -0.115. The fourth-order valence-electron chi connectivity index (χ4n) is 2.42. The molecule has 24 heavy (non-hydrogen) atoms. The van der Waals surface area contributed by atoms with Crippen LogP contribution in [0.4, 0.5) is 5.69 Å². The molecule has 5 nitrogen and oxygen atoms in total. The molecule has 1 amide bonds. The normalized spacial score (nSPS) is 10.4. The Bertz CT molecular complexity index is 723. The third-order valence-electron chi connectivity index (χ3n) is 3.63. The van der Waals surface area contributed by atoms with Crippen molar-refractivity contribution in [1.29, 1.82) is 0 Å². The zero-order chi connectivity index (χ0) is 17.5. The Balaban J connectivity index is 2.10. The monoisotopic (exact) mass is 327 g/mol. The highest BCUT2D eigenvalue weighted by Crippen LogP contribution is 2.17. The molecule has 0 aliphatic heterocycles. The minimum atomic E-state index is -1.04. The first-order valence-corrected chi connectivity index (χ1v) is 7.75. The summed E-state index contributed by atoms with van der Waals surface area (Å²) in [6.07, 6.45) is 1.19. The number of hydrogen-bond donors (Lipinski definition) is 2. The number of benzene rings is 2. The summed E-state index contributed by atoms with van der Waals surface area (Å²) in [6, 6.07) is 12.6. The van der Waals surface area contributed by atoms with Crippen molar-refractivity contribution >= 4 is 17.6 Å². The van der Waals surface area contributed by atoms with Gasteiger partial charge in [0.25, 0.3) is 0 Å². The standard InChI is InChI=1S/C19H21NO4/c1-3-13-4-6-14(7-5-13)10-18(21)20-17-9-15(12-24-2)8-16(11-17)19(22)23/h4-9,11H,3,10,12H2,1-2H3,(H,20,21)(H,22,23). The third kappa shape index (κ3) is 4.93. The van der Waals surface area contributed by atoms with E-state index in [-0.39, 0.29) is 24.5 Å². The molecule has 0 aliphatic rings. The van der Waals surface area contributed by atoms with Crippen LogP contribution in [0.2, 0.25) is 0 Å². The summed E-state index contributed by atoms with van der Waals surface area (Å²) in [4.78, 5) is 23.4. The first-order chi connectivity index (χ1) is 11.5. The minimum Gasteiger partial charge on any atom is -0.478 e. The predicted octanol–water partition coefficient (Wildman–Crippen LogP) is 3.27. The van der Waals surface area contributed by atoms with Gasteiger partial charge in [0.05, 0.1) is 18.6 Å². The predicted molar refractivity (Wildman–Crippen MR) is 92.3 cm³/mol. The van der Waals surface area contributed by atoms with Crippen LogP contribution in [0.25, 0.3) is 0 Å². The van der Waals surface area contributed by atoms with E-state index in [0.717, 1.165) is 12.0 Å². The number of carbonyl (C=O) groups excluding carboxylic acids is 1. The van der Waals surface area contributed by atoms with E-state index in [1.54, 1.807) is 6.07 Å². The van der Waals surface area contributed by atoms with Gasteiger partial charge in [-0.25, -0.2) is 4.79 Å². The van der Waals surface area contributed by atoms with Crippen LogP contribution in [0, 0.1) is 0 Å². The van der Waals surface area contributed by atoms with Crippen LogP contribution in [0.1, 0.15) is 34.0 Å². The molecule has 0 unspecified atom stereocenters. The van der Waals surface area contributed by atoms with Gasteiger partial charge in [-0.15, -0.1) is 0 Å². The van der Waals surface area contributed by atoms with Crippen molar-refractivity contribution in [3.05, 3.63) is 64.7 Å². The number of aryl methyl sites for hydroxylation is 1. The summed E-state index contributed by atoms with van der Waals surface area (Å²) in [5, 5.41) is 11.9. The van der Waals surface area contributed by atoms with E-state index >= 15 is 0 Å². The average molecular weight is 327 g/mol. The molecule has 2 rings (SSSR count). The Labute approximate surface area is 141 Å². The van der Waals surface area contributed by atoms with Crippen molar-refractivity contribution in [2.45, 2.75) is 26.4 Å². The van der Waals surface area contributed by atoms with Crippen LogP contribution in [-0.2, 0) is 29.0 Å². The van der Waals surface area contributed by atoms with Gasteiger partial charge in [0, 0.05) is 12.8 Å². The lowest BCUT2D eigenvalue weighted by Gasteiger charge is -2.09. The molecule has 0 saturated carbocycles. The molecule has 0 aromatic heterocycles. The molecular weight excluding hydrogens is 306 g/mol. The first-order valence-electron chi connectivity index (χ1n) is 7.75. The number of aromatic carboxylic acids is 1. The molecule has 0 aliphatic carbocycles. The zero-order valence-corrected chi connectivity index (χ0v) is 13.8. The Kier molecular flexibility index (Phi) is 6.09. The van der Waals surface area contributed by atoms with E-state index < -0.39 is 5.97 Å². The number of rotatable bonds is 7. The molecule has 0 radical (unpaired) electrons. The fourth-order valence-corrected chi connectivity index (χ4v) is 2.42. The number of carbonyl (C=O) groups is 2. The molecule has 0 saturated heterocycles. The quantitative estimate of drug-likeness (QED) is 0.818. The summed E-state index contributed by atoms with van der Waals surface area (Å²) in [5.41, 5.74) is 3.40. The molecule has 5 heteroatoms. The molecule has 2 aromatic carbocycles. The molecule has 126 valence electrons. The number of carboxylic acid groups (broad SMARTS) is 1. The maximum Gasteiger partial charge on any atom is 0.335 e. The number of methoxy groups -OCH3 is 1. The Hall–Kier alpha value is -2.66. The van der Waals surface area contributed by atoms with Crippen molar-refractivity contribution < 1.29 is 19.4 Å². The molecular formula is C19H21NO4. The van der Waals surface area contributed by atoms with E-state index in [1.165, 1.54) is 24.8 Å². The van der Waals surface area contributed by atoms with Gasteiger partial charge in [0.2, 0.25) is 5.91 Å². The van der Waals surface area contributed by atoms with Gasteiger partial charge in [-0.05, 0) is 41.3 Å². The molecule has 2 N–H and O–H groups in total. The fraction of sp³-hybridized carbons (Fsp3) is 0.263. The van der Waals surface area contributed by atoms with Gasteiger partial charge in [0.1, 0.15) is 0 Å². The largest absolute Gasteiger partial charge is 0.478 e. The number of anilines is 1. The molecule has 0 atom stereocenters. The molecule has 0 bridgehead atoms. The van der Waals surface area contributed by atoms with Crippen molar-refractivity contribution in [2.24, 2.45) is 0 Å². The first kappa shape index (κ1) is 17.7. The maximum atomic E-state index is 12.2. The summed E-state index contributed by atoms with van der Waals surface area (Å²) in [6.45, 7) is 2.36. The molecule has 0 spiro atoms. The van der Waals surface area contributed by atoms with E-state index in [9.17, 15) is 9.59 Å². The average Bonchev–Trinajstić information content (AvgIpc) is 2.55. The molecule has 0 heterocycles. The van der Waals surface area contributed by atoms with E-state index in [4.69, 9.17) is 9.84 Å². The lowest BCUT2D eigenvalue weighted by Crippen LogP contribution is -2.15.